The molecule has 0 saturated carbocycles. The largest absolute Gasteiger partial charge is 0.344 e. The van der Waals surface area contributed by atoms with E-state index in [1.165, 1.54) is 11.6 Å². The Hall–Kier alpha value is -3.87. The highest BCUT2D eigenvalue weighted by Crippen LogP contribution is 2.28. The van der Waals surface area contributed by atoms with Crippen LogP contribution in [0.15, 0.2) is 58.3 Å². The number of anilines is 1. The van der Waals surface area contributed by atoms with Crippen LogP contribution in [0, 0.1) is 20.8 Å². The number of aromatic nitrogens is 3. The molecule has 0 unspecified atom stereocenters. The van der Waals surface area contributed by atoms with Gasteiger partial charge in [-0.15, -0.1) is 0 Å². The highest BCUT2D eigenvalue weighted by molar-refractivity contribution is 5.96. The second-order valence-electron chi connectivity index (χ2n) is 8.27. The average molecular weight is 431 g/mol. The van der Waals surface area contributed by atoms with Crippen LogP contribution < -0.4 is 16.6 Å². The summed E-state index contributed by atoms with van der Waals surface area (Å²) in [6.07, 6.45) is 1.82. The van der Waals surface area contributed by atoms with Crippen molar-refractivity contribution in [3.05, 3.63) is 86.2 Å². The number of nitrogens with zero attached hydrogens (tertiary/aromatic N) is 3. The quantitative estimate of drug-likeness (QED) is 0.540. The van der Waals surface area contributed by atoms with Crippen molar-refractivity contribution in [1.29, 1.82) is 0 Å². The summed E-state index contributed by atoms with van der Waals surface area (Å²) in [4.78, 5) is 39.0. The molecule has 0 atom stereocenters. The van der Waals surface area contributed by atoms with Crippen LogP contribution in [0.25, 0.3) is 22.2 Å². The van der Waals surface area contributed by atoms with Crippen molar-refractivity contribution in [1.82, 2.24) is 13.7 Å². The first-order chi connectivity index (χ1) is 15.2. The molecule has 0 spiro atoms. The number of benzene rings is 2. The molecule has 4 aromatic rings. The van der Waals surface area contributed by atoms with Gasteiger partial charge >= 0.3 is 5.69 Å². The third-order valence-electron chi connectivity index (χ3n) is 5.78. The van der Waals surface area contributed by atoms with E-state index in [2.05, 4.69) is 5.32 Å². The lowest BCUT2D eigenvalue weighted by Gasteiger charge is -2.15. The van der Waals surface area contributed by atoms with Crippen molar-refractivity contribution in [2.45, 2.75) is 27.3 Å². The van der Waals surface area contributed by atoms with Crippen molar-refractivity contribution in [2.24, 2.45) is 14.1 Å². The molecule has 0 bridgehead atoms. The van der Waals surface area contributed by atoms with Crippen LogP contribution in [0.5, 0.6) is 0 Å². The van der Waals surface area contributed by atoms with E-state index in [0.717, 1.165) is 38.1 Å². The van der Waals surface area contributed by atoms with Crippen LogP contribution in [0.2, 0.25) is 0 Å². The monoisotopic (exact) mass is 430 g/mol. The lowest BCUT2D eigenvalue weighted by atomic mass is 10.1. The zero-order valence-electron chi connectivity index (χ0n) is 18.9. The summed E-state index contributed by atoms with van der Waals surface area (Å²) in [6, 6.07) is 13.5. The Balaban J connectivity index is 1.87. The standard InChI is InChI=1S/C25H26N4O3/c1-15-11-16(2)21(17(3)12-15)26-20(30)14-29-22-19(18-9-7-6-8-10-18)13-27(4)23(22)24(31)28(5)25(29)32/h6-13H,14H2,1-5H3,(H,26,30). The lowest BCUT2D eigenvalue weighted by Crippen LogP contribution is -2.40. The van der Waals surface area contributed by atoms with Gasteiger partial charge in [-0.05, 0) is 37.5 Å². The third-order valence-corrected chi connectivity index (χ3v) is 5.78. The SMILES string of the molecule is Cc1cc(C)c(NC(=O)Cn2c(=O)n(C)c(=O)c3c2c(-c2ccccc2)cn3C)c(C)c1. The molecule has 1 N–H and O–H groups in total. The number of hydrogen-bond donors (Lipinski definition) is 1. The highest BCUT2D eigenvalue weighted by atomic mass is 16.2. The summed E-state index contributed by atoms with van der Waals surface area (Å²) < 4.78 is 4.14. The maximum absolute atomic E-state index is 13.1. The van der Waals surface area contributed by atoms with E-state index in [-0.39, 0.29) is 12.5 Å². The van der Waals surface area contributed by atoms with Crippen LogP contribution in [-0.4, -0.2) is 19.6 Å². The normalized spacial score (nSPS) is 11.2. The van der Waals surface area contributed by atoms with Gasteiger partial charge in [-0.3, -0.25) is 18.7 Å². The third kappa shape index (κ3) is 3.56. The number of amides is 1. The molecule has 2 aromatic heterocycles. The number of nitrogens with one attached hydrogen (secondary N) is 1. The second-order valence-corrected chi connectivity index (χ2v) is 8.27. The Morgan fingerprint density at radius 1 is 0.938 bits per heavy atom. The minimum absolute atomic E-state index is 0.208. The van der Waals surface area contributed by atoms with Gasteiger partial charge in [-0.2, -0.15) is 0 Å². The Morgan fingerprint density at radius 2 is 1.56 bits per heavy atom. The van der Waals surface area contributed by atoms with Crippen LogP contribution in [-0.2, 0) is 25.4 Å². The van der Waals surface area contributed by atoms with Crippen molar-refractivity contribution in [3.63, 3.8) is 0 Å². The van der Waals surface area contributed by atoms with E-state index in [4.69, 9.17) is 0 Å². The van der Waals surface area contributed by atoms with E-state index in [0.29, 0.717) is 11.0 Å². The first kappa shape index (κ1) is 21.4. The van der Waals surface area contributed by atoms with Crippen LogP contribution >= 0.6 is 0 Å². The second kappa shape index (κ2) is 8.00. The summed E-state index contributed by atoms with van der Waals surface area (Å²) in [5.74, 6) is -0.329. The summed E-state index contributed by atoms with van der Waals surface area (Å²) >= 11 is 0. The van der Waals surface area contributed by atoms with Crippen LogP contribution in [0.4, 0.5) is 5.69 Å². The molecule has 0 aliphatic rings. The van der Waals surface area contributed by atoms with E-state index >= 15 is 0 Å². The average Bonchev–Trinajstić information content (AvgIpc) is 3.10. The molecular weight excluding hydrogens is 404 g/mol. The van der Waals surface area contributed by atoms with Crippen molar-refractivity contribution >= 4 is 22.6 Å². The summed E-state index contributed by atoms with van der Waals surface area (Å²) in [6.45, 7) is 5.68. The zero-order chi connectivity index (χ0) is 23.2. The van der Waals surface area contributed by atoms with E-state index in [1.807, 2.05) is 69.4 Å². The molecule has 164 valence electrons. The predicted octanol–water partition coefficient (Wildman–Crippen LogP) is 3.27. The molecule has 0 radical (unpaired) electrons. The molecule has 1 amide bonds. The predicted molar refractivity (Wildman–Crippen MR) is 127 cm³/mol. The zero-order valence-corrected chi connectivity index (χ0v) is 18.9. The Labute approximate surface area is 185 Å². The molecule has 0 saturated heterocycles. The van der Waals surface area contributed by atoms with Gasteiger partial charge in [-0.1, -0.05) is 48.0 Å². The summed E-state index contributed by atoms with van der Waals surface area (Å²) in [5, 5.41) is 2.95. The molecular formula is C25H26N4O3. The Kier molecular flexibility index (Phi) is 5.34. The smallest absolute Gasteiger partial charge is 0.331 e. The summed E-state index contributed by atoms with van der Waals surface area (Å²) in [7, 11) is 3.20. The number of aryl methyl sites for hydroxylation is 4. The van der Waals surface area contributed by atoms with Crippen LogP contribution in [0.1, 0.15) is 16.7 Å². The molecule has 7 nitrogen and oxygen atoms in total. The first-order valence-electron chi connectivity index (χ1n) is 10.4. The first-order valence-corrected chi connectivity index (χ1v) is 10.4. The van der Waals surface area contributed by atoms with Crippen molar-refractivity contribution < 1.29 is 4.79 Å². The Morgan fingerprint density at radius 3 is 2.19 bits per heavy atom. The number of hydrogen-bond acceptors (Lipinski definition) is 3. The molecule has 32 heavy (non-hydrogen) atoms. The van der Waals surface area contributed by atoms with E-state index in [1.54, 1.807) is 11.6 Å². The number of rotatable bonds is 4. The number of carbonyl (C=O) groups is 1. The fourth-order valence-electron chi connectivity index (χ4n) is 4.34. The topological polar surface area (TPSA) is 78.0 Å². The van der Waals surface area contributed by atoms with E-state index in [9.17, 15) is 14.4 Å². The van der Waals surface area contributed by atoms with Crippen LogP contribution in [0.3, 0.4) is 0 Å². The minimum Gasteiger partial charge on any atom is -0.344 e. The van der Waals surface area contributed by atoms with Gasteiger partial charge in [0.1, 0.15) is 12.1 Å². The number of carbonyl (C=O) groups excluding carboxylic acids is 1. The maximum atomic E-state index is 13.1. The van der Waals surface area contributed by atoms with Crippen molar-refractivity contribution in [3.8, 4) is 11.1 Å². The maximum Gasteiger partial charge on any atom is 0.331 e. The fraction of sp³-hybridized carbons (Fsp3) is 0.240. The van der Waals surface area contributed by atoms with Gasteiger partial charge < -0.3 is 9.88 Å². The van der Waals surface area contributed by atoms with Gasteiger partial charge in [0.25, 0.3) is 5.56 Å². The lowest BCUT2D eigenvalue weighted by molar-refractivity contribution is -0.116. The molecule has 0 fully saturated rings. The fourth-order valence-corrected chi connectivity index (χ4v) is 4.34. The van der Waals surface area contributed by atoms with Gasteiger partial charge in [0.15, 0.2) is 0 Å². The van der Waals surface area contributed by atoms with Crippen molar-refractivity contribution in [2.75, 3.05) is 5.32 Å². The molecule has 0 aliphatic heterocycles. The Bertz CT molecular complexity index is 1450. The number of fused-ring (bicyclic) bond motifs is 1. The molecule has 2 heterocycles. The molecule has 7 heteroatoms. The molecule has 0 aliphatic carbocycles. The van der Waals surface area contributed by atoms with Gasteiger partial charge in [0.05, 0.1) is 5.52 Å². The van der Waals surface area contributed by atoms with Gasteiger partial charge in [-0.25, -0.2) is 4.79 Å². The molecule has 2 aromatic carbocycles. The van der Waals surface area contributed by atoms with E-state index < -0.39 is 11.2 Å². The highest BCUT2D eigenvalue weighted by Gasteiger charge is 2.21. The molecule has 4 rings (SSSR count). The van der Waals surface area contributed by atoms with Gasteiger partial charge in [0, 0.05) is 31.5 Å². The van der Waals surface area contributed by atoms with Gasteiger partial charge in [0.2, 0.25) is 5.91 Å². The summed E-state index contributed by atoms with van der Waals surface area (Å²) in [5.41, 5.74) is 5.28. The minimum atomic E-state index is -0.529.